The predicted molar refractivity (Wildman–Crippen MR) is 50.9 cm³/mol. The minimum absolute atomic E-state index is 0.518. The molecule has 0 aliphatic carbocycles. The number of aromatic nitrogens is 3. The number of aryl methyl sites for hydroxylation is 1. The average molecular weight is 176 g/mol. The summed E-state index contributed by atoms with van der Waals surface area (Å²) >= 11 is 0. The number of aromatic amines is 1. The van der Waals surface area contributed by atoms with Gasteiger partial charge in [-0.1, -0.05) is 0 Å². The van der Waals surface area contributed by atoms with Crippen LogP contribution in [-0.4, -0.2) is 14.8 Å². The highest BCUT2D eigenvalue weighted by Gasteiger charge is 2.05. The number of hydrogen-bond donors (Lipinski definition) is 2. The molecule has 0 atom stereocenters. The largest absolute Gasteiger partial charge is 0.360 e. The summed E-state index contributed by atoms with van der Waals surface area (Å²) in [6.45, 7) is 0.518. The summed E-state index contributed by atoms with van der Waals surface area (Å²) in [6.07, 6.45) is 1.88. The summed E-state index contributed by atoms with van der Waals surface area (Å²) in [6, 6.07) is 5.93. The Morgan fingerprint density at radius 1 is 1.62 bits per heavy atom. The molecule has 0 bridgehead atoms. The Hall–Kier alpha value is -1.55. The standard InChI is InChI=1S/C9H12N4/c1-13-7(6-10)5-9(12-13)8-3-2-4-11-8/h2-5,11H,6,10H2,1H3. The third-order valence-electron chi connectivity index (χ3n) is 2.06. The molecule has 2 rings (SSSR count). The molecule has 3 N–H and O–H groups in total. The maximum Gasteiger partial charge on any atom is 0.109 e. The van der Waals surface area contributed by atoms with Crippen LogP contribution in [0.25, 0.3) is 11.4 Å². The molecule has 2 aromatic rings. The molecule has 0 saturated heterocycles. The van der Waals surface area contributed by atoms with Gasteiger partial charge in [0.25, 0.3) is 0 Å². The van der Waals surface area contributed by atoms with Gasteiger partial charge in [0.1, 0.15) is 5.69 Å². The number of nitrogens with zero attached hydrogens (tertiary/aromatic N) is 2. The molecule has 0 amide bonds. The van der Waals surface area contributed by atoms with Gasteiger partial charge in [-0.05, 0) is 18.2 Å². The molecule has 0 spiro atoms. The second kappa shape index (κ2) is 3.06. The summed E-state index contributed by atoms with van der Waals surface area (Å²) in [5.74, 6) is 0. The van der Waals surface area contributed by atoms with Gasteiger partial charge in [-0.2, -0.15) is 5.10 Å². The highest BCUT2D eigenvalue weighted by atomic mass is 15.3. The van der Waals surface area contributed by atoms with E-state index < -0.39 is 0 Å². The summed E-state index contributed by atoms with van der Waals surface area (Å²) in [5.41, 5.74) is 8.54. The van der Waals surface area contributed by atoms with Gasteiger partial charge in [0.15, 0.2) is 0 Å². The first-order valence-electron chi connectivity index (χ1n) is 4.18. The zero-order chi connectivity index (χ0) is 9.26. The van der Waals surface area contributed by atoms with Crippen molar-refractivity contribution in [1.29, 1.82) is 0 Å². The van der Waals surface area contributed by atoms with Crippen molar-refractivity contribution in [1.82, 2.24) is 14.8 Å². The molecular weight excluding hydrogens is 164 g/mol. The quantitative estimate of drug-likeness (QED) is 0.713. The smallest absolute Gasteiger partial charge is 0.109 e. The van der Waals surface area contributed by atoms with Crippen LogP contribution in [0.3, 0.4) is 0 Å². The van der Waals surface area contributed by atoms with Crippen molar-refractivity contribution in [2.45, 2.75) is 6.54 Å². The van der Waals surface area contributed by atoms with E-state index in [0.717, 1.165) is 17.1 Å². The van der Waals surface area contributed by atoms with Crippen LogP contribution in [0.1, 0.15) is 5.69 Å². The predicted octanol–water partition coefficient (Wildman–Crippen LogP) is 0.874. The van der Waals surface area contributed by atoms with Crippen LogP contribution in [-0.2, 0) is 13.6 Å². The normalized spacial score (nSPS) is 10.6. The Labute approximate surface area is 76.4 Å². The minimum Gasteiger partial charge on any atom is -0.360 e. The third-order valence-corrected chi connectivity index (χ3v) is 2.06. The second-order valence-electron chi connectivity index (χ2n) is 2.93. The molecule has 4 nitrogen and oxygen atoms in total. The highest BCUT2D eigenvalue weighted by Crippen LogP contribution is 2.15. The van der Waals surface area contributed by atoms with E-state index in [0.29, 0.717) is 6.54 Å². The van der Waals surface area contributed by atoms with E-state index in [1.807, 2.05) is 31.4 Å². The first-order valence-corrected chi connectivity index (χ1v) is 4.18. The average Bonchev–Trinajstić information content (AvgIpc) is 2.71. The summed E-state index contributed by atoms with van der Waals surface area (Å²) in [5, 5.41) is 4.33. The molecule has 68 valence electrons. The van der Waals surface area contributed by atoms with E-state index in [2.05, 4.69) is 10.1 Å². The van der Waals surface area contributed by atoms with Gasteiger partial charge in [0.05, 0.1) is 11.4 Å². The van der Waals surface area contributed by atoms with Gasteiger partial charge >= 0.3 is 0 Å². The summed E-state index contributed by atoms with van der Waals surface area (Å²) < 4.78 is 1.80. The van der Waals surface area contributed by atoms with Crippen molar-refractivity contribution in [3.05, 3.63) is 30.1 Å². The number of nitrogens with two attached hydrogens (primary N) is 1. The lowest BCUT2D eigenvalue weighted by Crippen LogP contribution is -2.03. The lowest BCUT2D eigenvalue weighted by molar-refractivity contribution is 0.714. The van der Waals surface area contributed by atoms with E-state index >= 15 is 0 Å². The number of H-pyrrole nitrogens is 1. The molecule has 0 unspecified atom stereocenters. The fourth-order valence-corrected chi connectivity index (χ4v) is 1.32. The van der Waals surface area contributed by atoms with Gasteiger partial charge in [-0.25, -0.2) is 0 Å². The van der Waals surface area contributed by atoms with E-state index in [-0.39, 0.29) is 0 Å². The van der Waals surface area contributed by atoms with E-state index in [4.69, 9.17) is 5.73 Å². The number of hydrogen-bond acceptors (Lipinski definition) is 2. The van der Waals surface area contributed by atoms with E-state index in [9.17, 15) is 0 Å². The molecule has 0 fully saturated rings. The van der Waals surface area contributed by atoms with Crippen LogP contribution < -0.4 is 5.73 Å². The van der Waals surface area contributed by atoms with Crippen LogP contribution in [0.5, 0.6) is 0 Å². The minimum atomic E-state index is 0.518. The Kier molecular flexibility index (Phi) is 1.90. The lowest BCUT2D eigenvalue weighted by atomic mass is 10.3. The van der Waals surface area contributed by atoms with E-state index in [1.54, 1.807) is 4.68 Å². The molecule has 0 aliphatic rings. The van der Waals surface area contributed by atoms with Crippen molar-refractivity contribution in [2.75, 3.05) is 0 Å². The van der Waals surface area contributed by atoms with Crippen LogP contribution in [0.2, 0.25) is 0 Å². The molecule has 4 heteroatoms. The van der Waals surface area contributed by atoms with Gasteiger partial charge < -0.3 is 10.7 Å². The topological polar surface area (TPSA) is 59.6 Å². The Morgan fingerprint density at radius 2 is 2.46 bits per heavy atom. The van der Waals surface area contributed by atoms with Crippen molar-refractivity contribution in [2.24, 2.45) is 12.8 Å². The fraction of sp³-hybridized carbons (Fsp3) is 0.222. The monoisotopic (exact) mass is 176 g/mol. The van der Waals surface area contributed by atoms with Crippen molar-refractivity contribution in [3.63, 3.8) is 0 Å². The molecular formula is C9H12N4. The molecule has 0 aliphatic heterocycles. The molecule has 0 radical (unpaired) electrons. The zero-order valence-corrected chi connectivity index (χ0v) is 7.49. The Balaban J connectivity index is 2.43. The second-order valence-corrected chi connectivity index (χ2v) is 2.93. The fourth-order valence-electron chi connectivity index (χ4n) is 1.32. The zero-order valence-electron chi connectivity index (χ0n) is 7.49. The van der Waals surface area contributed by atoms with Crippen LogP contribution >= 0.6 is 0 Å². The van der Waals surface area contributed by atoms with Gasteiger partial charge in [-0.3, -0.25) is 4.68 Å². The highest BCUT2D eigenvalue weighted by molar-refractivity contribution is 5.54. The van der Waals surface area contributed by atoms with Gasteiger partial charge in [-0.15, -0.1) is 0 Å². The SMILES string of the molecule is Cn1nc(-c2ccc[nH]2)cc1CN. The van der Waals surface area contributed by atoms with Crippen molar-refractivity contribution in [3.8, 4) is 11.4 Å². The summed E-state index contributed by atoms with van der Waals surface area (Å²) in [4.78, 5) is 3.10. The van der Waals surface area contributed by atoms with Crippen LogP contribution in [0.4, 0.5) is 0 Å². The van der Waals surface area contributed by atoms with Crippen LogP contribution in [0, 0.1) is 0 Å². The number of nitrogens with one attached hydrogen (secondary N) is 1. The third kappa shape index (κ3) is 1.36. The molecule has 0 aromatic carbocycles. The molecule has 2 heterocycles. The Morgan fingerprint density at radius 3 is 3.00 bits per heavy atom. The maximum absolute atomic E-state index is 5.55. The number of rotatable bonds is 2. The summed E-state index contributed by atoms with van der Waals surface area (Å²) in [7, 11) is 1.90. The first-order chi connectivity index (χ1) is 6.31. The van der Waals surface area contributed by atoms with Crippen molar-refractivity contribution < 1.29 is 0 Å². The van der Waals surface area contributed by atoms with Crippen molar-refractivity contribution >= 4 is 0 Å². The molecule has 0 saturated carbocycles. The van der Waals surface area contributed by atoms with Crippen LogP contribution in [0.15, 0.2) is 24.4 Å². The lowest BCUT2D eigenvalue weighted by Gasteiger charge is -1.93. The van der Waals surface area contributed by atoms with Gasteiger partial charge in [0.2, 0.25) is 0 Å². The Bertz CT molecular complexity index is 386. The molecule has 13 heavy (non-hydrogen) atoms. The first kappa shape index (κ1) is 8.07. The molecule has 2 aromatic heterocycles. The van der Waals surface area contributed by atoms with Gasteiger partial charge in [0, 0.05) is 19.8 Å². The maximum atomic E-state index is 5.55. The van der Waals surface area contributed by atoms with E-state index in [1.165, 1.54) is 0 Å².